The average molecular weight is 298 g/mol. The number of hydrogen-bond acceptors (Lipinski definition) is 5. The van der Waals surface area contributed by atoms with Gasteiger partial charge in [0.2, 0.25) is 0 Å². The maximum atomic E-state index is 12.3. The molecule has 0 radical (unpaired) electrons. The molecule has 2 aromatic carbocycles. The van der Waals surface area contributed by atoms with Crippen LogP contribution in [-0.4, -0.2) is 29.1 Å². The minimum absolute atomic E-state index is 0.108. The van der Waals surface area contributed by atoms with Gasteiger partial charge in [0.15, 0.2) is 5.78 Å². The second-order valence-corrected chi connectivity index (χ2v) is 4.45. The number of hydrogen-bond donors (Lipinski definition) is 2. The Morgan fingerprint density at radius 1 is 0.955 bits per heavy atom. The third kappa shape index (κ3) is 3.15. The van der Waals surface area contributed by atoms with E-state index in [1.165, 1.54) is 31.4 Å². The standard InChI is InChI=1S/C17H14O5/c1-22-17(21)12-7-3-2-6-11(12)15(19)10-16(20)13-8-4-5-9-14(13)18/h2-10,18,20H,1H3/b16-10-. The van der Waals surface area contributed by atoms with Crippen molar-refractivity contribution in [3.05, 3.63) is 71.3 Å². The fourth-order valence-electron chi connectivity index (χ4n) is 1.96. The largest absolute Gasteiger partial charge is 0.507 e. The first-order valence-electron chi connectivity index (χ1n) is 6.45. The van der Waals surface area contributed by atoms with E-state index in [0.29, 0.717) is 0 Å². The van der Waals surface area contributed by atoms with Crippen LogP contribution in [0.15, 0.2) is 54.6 Å². The molecule has 0 heterocycles. The number of esters is 1. The van der Waals surface area contributed by atoms with Crippen LogP contribution in [0.2, 0.25) is 0 Å². The number of ether oxygens (including phenoxy) is 1. The van der Waals surface area contributed by atoms with E-state index in [2.05, 4.69) is 4.74 Å². The van der Waals surface area contributed by atoms with Gasteiger partial charge in [0.25, 0.3) is 0 Å². The van der Waals surface area contributed by atoms with Crippen molar-refractivity contribution in [2.24, 2.45) is 0 Å². The van der Waals surface area contributed by atoms with Gasteiger partial charge in [0.05, 0.1) is 18.2 Å². The van der Waals surface area contributed by atoms with Gasteiger partial charge in [-0.15, -0.1) is 0 Å². The first kappa shape index (κ1) is 15.3. The van der Waals surface area contributed by atoms with Crippen molar-refractivity contribution in [1.82, 2.24) is 0 Å². The second kappa shape index (κ2) is 6.58. The molecule has 0 aliphatic rings. The maximum absolute atomic E-state index is 12.3. The molecule has 0 unspecified atom stereocenters. The van der Waals surface area contributed by atoms with E-state index in [-0.39, 0.29) is 28.2 Å². The van der Waals surface area contributed by atoms with E-state index < -0.39 is 11.8 Å². The zero-order valence-corrected chi connectivity index (χ0v) is 11.8. The van der Waals surface area contributed by atoms with Crippen molar-refractivity contribution >= 4 is 17.5 Å². The van der Waals surface area contributed by atoms with Crippen LogP contribution in [0.25, 0.3) is 5.76 Å². The summed E-state index contributed by atoms with van der Waals surface area (Å²) in [4.78, 5) is 23.9. The number of ketones is 1. The van der Waals surface area contributed by atoms with Crippen LogP contribution in [0.1, 0.15) is 26.3 Å². The second-order valence-electron chi connectivity index (χ2n) is 4.45. The lowest BCUT2D eigenvalue weighted by Gasteiger charge is -2.06. The molecule has 2 rings (SSSR count). The Bertz CT molecular complexity index is 746. The van der Waals surface area contributed by atoms with Crippen molar-refractivity contribution in [2.75, 3.05) is 7.11 Å². The molecule has 5 heteroatoms. The zero-order chi connectivity index (χ0) is 16.1. The molecule has 0 aliphatic carbocycles. The lowest BCUT2D eigenvalue weighted by atomic mass is 10.0. The van der Waals surface area contributed by atoms with Gasteiger partial charge in [-0.2, -0.15) is 0 Å². The number of para-hydroxylation sites is 1. The lowest BCUT2D eigenvalue weighted by Crippen LogP contribution is -2.09. The molecule has 0 aromatic heterocycles. The fourth-order valence-corrected chi connectivity index (χ4v) is 1.96. The quantitative estimate of drug-likeness (QED) is 0.392. The summed E-state index contributed by atoms with van der Waals surface area (Å²) in [5, 5.41) is 19.6. The summed E-state index contributed by atoms with van der Waals surface area (Å²) in [7, 11) is 1.22. The van der Waals surface area contributed by atoms with Crippen LogP contribution in [0, 0.1) is 0 Å². The third-order valence-electron chi connectivity index (χ3n) is 3.05. The molecule has 0 spiro atoms. The molecular weight excluding hydrogens is 284 g/mol. The van der Waals surface area contributed by atoms with E-state index >= 15 is 0 Å². The predicted octanol–water partition coefficient (Wildman–Crippen LogP) is 2.96. The summed E-state index contributed by atoms with van der Waals surface area (Å²) >= 11 is 0. The first-order chi connectivity index (χ1) is 10.5. The minimum Gasteiger partial charge on any atom is -0.507 e. The number of phenolic OH excluding ortho intramolecular Hbond substituents is 1. The number of rotatable bonds is 4. The van der Waals surface area contributed by atoms with Gasteiger partial charge in [0, 0.05) is 11.6 Å². The third-order valence-corrected chi connectivity index (χ3v) is 3.05. The number of aromatic hydroxyl groups is 1. The summed E-state index contributed by atoms with van der Waals surface area (Å²) in [5.74, 6) is -1.74. The Labute approximate surface area is 127 Å². The van der Waals surface area contributed by atoms with Gasteiger partial charge < -0.3 is 14.9 Å². The molecule has 0 bridgehead atoms. The first-order valence-corrected chi connectivity index (χ1v) is 6.45. The molecule has 0 atom stereocenters. The summed E-state index contributed by atoms with van der Waals surface area (Å²) in [6.45, 7) is 0. The number of aliphatic hydroxyl groups excluding tert-OH is 1. The van der Waals surface area contributed by atoms with Crippen LogP contribution >= 0.6 is 0 Å². The van der Waals surface area contributed by atoms with Crippen molar-refractivity contribution in [1.29, 1.82) is 0 Å². The number of aliphatic hydroxyl groups is 1. The number of methoxy groups -OCH3 is 1. The minimum atomic E-state index is -0.639. The van der Waals surface area contributed by atoms with E-state index in [1.807, 2.05) is 0 Å². The normalized spacial score (nSPS) is 11.0. The predicted molar refractivity (Wildman–Crippen MR) is 80.8 cm³/mol. The van der Waals surface area contributed by atoms with Crippen LogP contribution in [0.4, 0.5) is 0 Å². The average Bonchev–Trinajstić information content (AvgIpc) is 2.54. The highest BCUT2D eigenvalue weighted by Crippen LogP contribution is 2.23. The highest BCUT2D eigenvalue weighted by molar-refractivity contribution is 6.13. The van der Waals surface area contributed by atoms with Crippen molar-refractivity contribution in [3.63, 3.8) is 0 Å². The number of carbonyl (C=O) groups excluding carboxylic acids is 2. The van der Waals surface area contributed by atoms with Gasteiger partial charge >= 0.3 is 5.97 Å². The number of carbonyl (C=O) groups is 2. The maximum Gasteiger partial charge on any atom is 0.338 e. The number of allylic oxidation sites excluding steroid dienone is 1. The Morgan fingerprint density at radius 3 is 2.09 bits per heavy atom. The summed E-state index contributed by atoms with van der Waals surface area (Å²) in [5.41, 5.74) is 0.346. The summed E-state index contributed by atoms with van der Waals surface area (Å²) in [6.07, 6.45) is 0.955. The Hall–Kier alpha value is -3.08. The van der Waals surface area contributed by atoms with E-state index in [1.54, 1.807) is 24.3 Å². The molecule has 5 nitrogen and oxygen atoms in total. The van der Waals surface area contributed by atoms with Crippen LogP contribution in [0.5, 0.6) is 5.75 Å². The van der Waals surface area contributed by atoms with Crippen molar-refractivity contribution in [2.45, 2.75) is 0 Å². The topological polar surface area (TPSA) is 83.8 Å². The molecule has 2 aromatic rings. The molecular formula is C17H14O5. The smallest absolute Gasteiger partial charge is 0.338 e. The molecule has 112 valence electrons. The van der Waals surface area contributed by atoms with Crippen molar-refractivity contribution in [3.8, 4) is 5.75 Å². The van der Waals surface area contributed by atoms with Crippen LogP contribution in [-0.2, 0) is 4.74 Å². The lowest BCUT2D eigenvalue weighted by molar-refractivity contribution is 0.0597. The van der Waals surface area contributed by atoms with Crippen molar-refractivity contribution < 1.29 is 24.5 Å². The van der Waals surface area contributed by atoms with Gasteiger partial charge in [-0.3, -0.25) is 4.79 Å². The number of phenols is 1. The van der Waals surface area contributed by atoms with Crippen LogP contribution in [0.3, 0.4) is 0 Å². The highest BCUT2D eigenvalue weighted by Gasteiger charge is 2.17. The molecule has 0 amide bonds. The molecule has 0 aliphatic heterocycles. The Morgan fingerprint density at radius 2 is 1.50 bits per heavy atom. The van der Waals surface area contributed by atoms with Gasteiger partial charge in [-0.05, 0) is 18.2 Å². The molecule has 0 saturated carbocycles. The zero-order valence-electron chi connectivity index (χ0n) is 11.8. The molecule has 22 heavy (non-hydrogen) atoms. The highest BCUT2D eigenvalue weighted by atomic mass is 16.5. The SMILES string of the molecule is COC(=O)c1ccccc1C(=O)/C=C(\O)c1ccccc1O. The van der Waals surface area contributed by atoms with E-state index in [9.17, 15) is 19.8 Å². The molecule has 0 fully saturated rings. The summed E-state index contributed by atoms with van der Waals surface area (Å²) in [6, 6.07) is 12.2. The van der Waals surface area contributed by atoms with Gasteiger partial charge in [-0.1, -0.05) is 30.3 Å². The van der Waals surface area contributed by atoms with Gasteiger partial charge in [-0.25, -0.2) is 4.79 Å². The Balaban J connectivity index is 2.39. The Kier molecular flexibility index (Phi) is 4.58. The van der Waals surface area contributed by atoms with Crippen LogP contribution < -0.4 is 0 Å². The summed E-state index contributed by atoms with van der Waals surface area (Å²) < 4.78 is 4.62. The van der Waals surface area contributed by atoms with Gasteiger partial charge in [0.1, 0.15) is 11.5 Å². The van der Waals surface area contributed by atoms with E-state index in [4.69, 9.17) is 0 Å². The molecule has 2 N–H and O–H groups in total. The number of benzene rings is 2. The van der Waals surface area contributed by atoms with E-state index in [0.717, 1.165) is 6.08 Å². The monoisotopic (exact) mass is 298 g/mol. The fraction of sp³-hybridized carbons (Fsp3) is 0.0588. The molecule has 0 saturated heterocycles.